The minimum atomic E-state index is -4.73. The lowest BCUT2D eigenvalue weighted by molar-refractivity contribution is -0.274. The molecule has 28 heavy (non-hydrogen) atoms. The molecule has 0 aliphatic heterocycles. The van der Waals surface area contributed by atoms with Crippen molar-refractivity contribution in [2.45, 2.75) is 12.9 Å². The molecule has 0 fully saturated rings. The van der Waals surface area contributed by atoms with E-state index in [2.05, 4.69) is 14.9 Å². The molecule has 0 N–H and O–H groups in total. The summed E-state index contributed by atoms with van der Waals surface area (Å²) in [5.41, 5.74) is 2.39. The summed E-state index contributed by atoms with van der Waals surface area (Å²) in [6.07, 6.45) is -2.82. The van der Waals surface area contributed by atoms with Crippen molar-refractivity contribution in [1.29, 1.82) is 0 Å². The first-order valence-electron chi connectivity index (χ1n) is 8.37. The molecular weight excluding hydrogens is 371 g/mol. The van der Waals surface area contributed by atoms with Crippen LogP contribution in [0.1, 0.15) is 5.56 Å². The summed E-state index contributed by atoms with van der Waals surface area (Å²) in [5.74, 6) is 0.296. The van der Waals surface area contributed by atoms with Crippen molar-refractivity contribution in [2.24, 2.45) is 0 Å². The molecule has 142 valence electrons. The second-order valence-electron chi connectivity index (χ2n) is 6.00. The maximum atomic E-state index is 12.3. The maximum Gasteiger partial charge on any atom is 0.573 e. The molecule has 0 atom stereocenters. The smallest absolute Gasteiger partial charge is 0.406 e. The van der Waals surface area contributed by atoms with Gasteiger partial charge in [-0.2, -0.15) is 4.98 Å². The highest BCUT2D eigenvalue weighted by atomic mass is 19.4. The molecule has 0 amide bonds. The van der Waals surface area contributed by atoms with Crippen LogP contribution in [0.15, 0.2) is 77.4 Å². The Morgan fingerprint density at radius 3 is 2.39 bits per heavy atom. The molecule has 2 aromatic carbocycles. The van der Waals surface area contributed by atoms with E-state index in [1.165, 1.54) is 24.3 Å². The van der Waals surface area contributed by atoms with Gasteiger partial charge in [0.05, 0.1) is 0 Å². The van der Waals surface area contributed by atoms with E-state index in [0.29, 0.717) is 18.0 Å². The minimum absolute atomic E-state index is 0.279. The van der Waals surface area contributed by atoms with Gasteiger partial charge in [0, 0.05) is 18.3 Å². The lowest BCUT2D eigenvalue weighted by Gasteiger charge is -2.08. The molecular formula is C20H14F3N3O2. The Bertz CT molecular complexity index is 1050. The van der Waals surface area contributed by atoms with Gasteiger partial charge in [-0.3, -0.25) is 0 Å². The Balaban J connectivity index is 1.55. The highest BCUT2D eigenvalue weighted by Crippen LogP contribution is 2.27. The zero-order chi connectivity index (χ0) is 19.6. The molecule has 4 aromatic rings. The van der Waals surface area contributed by atoms with E-state index in [-0.39, 0.29) is 11.6 Å². The van der Waals surface area contributed by atoms with Crippen molar-refractivity contribution < 1.29 is 22.4 Å². The van der Waals surface area contributed by atoms with E-state index in [0.717, 1.165) is 11.3 Å². The van der Waals surface area contributed by atoms with Crippen LogP contribution < -0.4 is 4.74 Å². The topological polar surface area (TPSA) is 53.1 Å². The Kier molecular flexibility index (Phi) is 4.60. The molecule has 8 heteroatoms. The predicted molar refractivity (Wildman–Crippen MR) is 95.4 cm³/mol. The predicted octanol–water partition coefficient (Wildman–Crippen LogP) is 5.15. The number of aromatic nitrogens is 3. The van der Waals surface area contributed by atoms with E-state index < -0.39 is 6.36 Å². The zero-order valence-corrected chi connectivity index (χ0v) is 14.4. The zero-order valence-electron chi connectivity index (χ0n) is 14.4. The fourth-order valence-electron chi connectivity index (χ4n) is 2.78. The first-order valence-corrected chi connectivity index (χ1v) is 8.37. The molecule has 4 rings (SSSR count). The minimum Gasteiger partial charge on any atom is -0.406 e. The SMILES string of the molecule is FC(F)(F)Oc1ccc(-c2noc(-c3cccn3Cc3ccccc3)n2)cc1. The number of hydrogen-bond donors (Lipinski definition) is 0. The van der Waals surface area contributed by atoms with Crippen LogP contribution in [-0.4, -0.2) is 21.1 Å². The van der Waals surface area contributed by atoms with Crippen LogP contribution >= 0.6 is 0 Å². The van der Waals surface area contributed by atoms with Crippen molar-refractivity contribution >= 4 is 0 Å². The van der Waals surface area contributed by atoms with Gasteiger partial charge in [0.2, 0.25) is 5.82 Å². The summed E-state index contributed by atoms with van der Waals surface area (Å²) >= 11 is 0. The third-order valence-corrected chi connectivity index (χ3v) is 4.02. The Labute approximate surface area is 158 Å². The number of alkyl halides is 3. The average Bonchev–Trinajstić information content (AvgIpc) is 3.31. The summed E-state index contributed by atoms with van der Waals surface area (Å²) in [6.45, 7) is 0.643. The second kappa shape index (κ2) is 7.22. The van der Waals surface area contributed by atoms with Crippen molar-refractivity contribution in [1.82, 2.24) is 14.7 Å². The molecule has 0 saturated heterocycles. The second-order valence-corrected chi connectivity index (χ2v) is 6.00. The molecule has 0 spiro atoms. The molecule has 0 saturated carbocycles. The standard InChI is InChI=1S/C20H14F3N3O2/c21-20(22,23)27-16-10-8-15(9-11-16)18-24-19(28-25-18)17-7-4-12-26(17)13-14-5-2-1-3-6-14/h1-12H,13H2. The van der Waals surface area contributed by atoms with Crippen LogP contribution in [0.4, 0.5) is 13.2 Å². The highest BCUT2D eigenvalue weighted by Gasteiger charge is 2.31. The lowest BCUT2D eigenvalue weighted by Crippen LogP contribution is -2.16. The first kappa shape index (κ1) is 17.8. The van der Waals surface area contributed by atoms with Gasteiger partial charge in [0.15, 0.2) is 0 Å². The summed E-state index contributed by atoms with van der Waals surface area (Å²) in [6, 6.07) is 19.0. The van der Waals surface area contributed by atoms with Gasteiger partial charge in [-0.15, -0.1) is 13.2 Å². The van der Waals surface area contributed by atoms with E-state index in [4.69, 9.17) is 4.52 Å². The Morgan fingerprint density at radius 1 is 0.929 bits per heavy atom. The van der Waals surface area contributed by atoms with Gasteiger partial charge in [-0.05, 0) is 42.0 Å². The molecule has 0 unspecified atom stereocenters. The van der Waals surface area contributed by atoms with Crippen molar-refractivity contribution in [3.63, 3.8) is 0 Å². The summed E-state index contributed by atoms with van der Waals surface area (Å²) in [4.78, 5) is 4.37. The van der Waals surface area contributed by atoms with Crippen LogP contribution in [0.2, 0.25) is 0 Å². The van der Waals surface area contributed by atoms with Crippen molar-refractivity contribution in [2.75, 3.05) is 0 Å². The van der Waals surface area contributed by atoms with Gasteiger partial charge in [-0.1, -0.05) is 35.5 Å². The van der Waals surface area contributed by atoms with Gasteiger partial charge in [-0.25, -0.2) is 0 Å². The highest BCUT2D eigenvalue weighted by molar-refractivity contribution is 5.59. The van der Waals surface area contributed by atoms with Crippen molar-refractivity contribution in [3.8, 4) is 28.7 Å². The monoisotopic (exact) mass is 385 g/mol. The van der Waals surface area contributed by atoms with E-state index in [9.17, 15) is 13.2 Å². The van der Waals surface area contributed by atoms with Crippen LogP contribution in [0.25, 0.3) is 23.0 Å². The third-order valence-electron chi connectivity index (χ3n) is 4.02. The molecule has 0 aliphatic rings. The molecule has 0 bridgehead atoms. The number of rotatable bonds is 5. The molecule has 0 aliphatic carbocycles. The van der Waals surface area contributed by atoms with E-state index in [1.54, 1.807) is 0 Å². The number of halogens is 3. The first-order chi connectivity index (χ1) is 13.5. The lowest BCUT2D eigenvalue weighted by atomic mass is 10.2. The Morgan fingerprint density at radius 2 is 1.68 bits per heavy atom. The largest absolute Gasteiger partial charge is 0.573 e. The molecule has 2 heterocycles. The van der Waals surface area contributed by atoms with Crippen LogP contribution in [0.5, 0.6) is 5.75 Å². The number of ether oxygens (including phenoxy) is 1. The van der Waals surface area contributed by atoms with E-state index in [1.807, 2.05) is 53.2 Å². The fraction of sp³-hybridized carbons (Fsp3) is 0.100. The van der Waals surface area contributed by atoms with E-state index >= 15 is 0 Å². The summed E-state index contributed by atoms with van der Waals surface area (Å²) < 4.78 is 48.0. The molecule has 5 nitrogen and oxygen atoms in total. The third kappa shape index (κ3) is 4.06. The number of hydrogen-bond acceptors (Lipinski definition) is 4. The normalized spacial score (nSPS) is 11.5. The van der Waals surface area contributed by atoms with Gasteiger partial charge < -0.3 is 13.8 Å². The molecule has 0 radical (unpaired) electrons. The van der Waals surface area contributed by atoms with Crippen LogP contribution in [0.3, 0.4) is 0 Å². The van der Waals surface area contributed by atoms with Crippen molar-refractivity contribution in [3.05, 3.63) is 78.5 Å². The fourth-order valence-corrected chi connectivity index (χ4v) is 2.78. The number of benzene rings is 2. The van der Waals surface area contributed by atoms with Gasteiger partial charge in [0.1, 0.15) is 11.4 Å². The Hall–Kier alpha value is -3.55. The molecule has 2 aromatic heterocycles. The van der Waals surface area contributed by atoms with Gasteiger partial charge >= 0.3 is 6.36 Å². The average molecular weight is 385 g/mol. The maximum absolute atomic E-state index is 12.3. The van der Waals surface area contributed by atoms with Crippen LogP contribution in [-0.2, 0) is 6.54 Å². The van der Waals surface area contributed by atoms with Crippen LogP contribution in [0, 0.1) is 0 Å². The number of nitrogens with zero attached hydrogens (tertiary/aromatic N) is 3. The quantitative estimate of drug-likeness (QED) is 0.477. The summed E-state index contributed by atoms with van der Waals surface area (Å²) in [5, 5.41) is 3.93. The van der Waals surface area contributed by atoms with Gasteiger partial charge in [0.25, 0.3) is 5.89 Å². The summed E-state index contributed by atoms with van der Waals surface area (Å²) in [7, 11) is 0.